The van der Waals surface area contributed by atoms with Gasteiger partial charge >= 0.3 is 0 Å². The van der Waals surface area contributed by atoms with E-state index in [1.54, 1.807) is 49.5 Å². The van der Waals surface area contributed by atoms with Crippen LogP contribution in [0.4, 0.5) is 0 Å². The van der Waals surface area contributed by atoms with Crippen molar-refractivity contribution in [1.29, 1.82) is 0 Å². The Labute approximate surface area is 142 Å². The van der Waals surface area contributed by atoms with E-state index >= 15 is 0 Å². The molecule has 0 aliphatic heterocycles. The summed E-state index contributed by atoms with van der Waals surface area (Å²) in [6, 6.07) is 18.0. The van der Waals surface area contributed by atoms with Crippen molar-refractivity contribution in [3.63, 3.8) is 0 Å². The molecule has 0 spiro atoms. The minimum absolute atomic E-state index is 0.186. The second-order valence-electron chi connectivity index (χ2n) is 5.27. The van der Waals surface area contributed by atoms with E-state index in [1.807, 2.05) is 18.2 Å². The molecule has 0 aliphatic carbocycles. The molecule has 0 saturated heterocycles. The summed E-state index contributed by atoms with van der Waals surface area (Å²) >= 11 is 0. The summed E-state index contributed by atoms with van der Waals surface area (Å²) in [6.45, 7) is -0.186. The number of hydrogen-bond acceptors (Lipinski definition) is 3. The normalized spacial score (nSPS) is 12.1. The fourth-order valence-electron chi connectivity index (χ4n) is 2.72. The van der Waals surface area contributed by atoms with Crippen LogP contribution in [0.5, 0.6) is 0 Å². The summed E-state index contributed by atoms with van der Waals surface area (Å²) < 4.78 is 13.2. The molecule has 3 rings (SSSR count). The lowest BCUT2D eigenvalue weighted by Crippen LogP contribution is -2.18. The number of hydrogen-bond donors (Lipinski definition) is 2. The van der Waals surface area contributed by atoms with Crippen LogP contribution in [0.2, 0.25) is 0 Å². The summed E-state index contributed by atoms with van der Waals surface area (Å²) in [4.78, 5) is 13.3. The molecule has 24 heavy (non-hydrogen) atoms. The van der Waals surface area contributed by atoms with Crippen molar-refractivity contribution in [1.82, 2.24) is 5.32 Å². The van der Waals surface area contributed by atoms with Gasteiger partial charge in [0.2, 0.25) is 0 Å². The third-order valence-corrected chi connectivity index (χ3v) is 5.42. The number of aliphatic hydroxyl groups excluding tert-OH is 1. The highest BCUT2D eigenvalue weighted by Gasteiger charge is 2.18. The van der Waals surface area contributed by atoms with Crippen molar-refractivity contribution >= 4 is 27.5 Å². The monoisotopic (exact) mass is 339 g/mol. The van der Waals surface area contributed by atoms with Gasteiger partial charge < -0.3 is 10.4 Å². The molecule has 4 nitrogen and oxygen atoms in total. The zero-order valence-corrected chi connectivity index (χ0v) is 14.0. The first-order valence-corrected chi connectivity index (χ1v) is 8.66. The number of rotatable bonds is 4. The van der Waals surface area contributed by atoms with E-state index in [9.17, 15) is 14.1 Å². The van der Waals surface area contributed by atoms with Gasteiger partial charge in [-0.3, -0.25) is 4.79 Å². The summed E-state index contributed by atoms with van der Waals surface area (Å²) in [7, 11) is 0.0696. The standard InChI is InChI=1S/C19H17NO3S/c1-20-19(22)15-9-4-7-13-8-5-11-17(18(13)15)24(23)16-10-3-2-6-14(16)12-21/h2-11,21H,12H2,1H3,(H,20,22). The third-order valence-electron chi connectivity index (χ3n) is 3.88. The molecule has 0 aromatic heterocycles. The number of benzene rings is 3. The van der Waals surface area contributed by atoms with Crippen LogP contribution in [0, 0.1) is 0 Å². The first kappa shape index (κ1) is 16.4. The smallest absolute Gasteiger partial charge is 0.251 e. The minimum Gasteiger partial charge on any atom is -0.392 e. The highest BCUT2D eigenvalue weighted by Crippen LogP contribution is 2.29. The number of carbonyl (C=O) groups is 1. The quantitative estimate of drug-likeness (QED) is 0.768. The molecule has 2 N–H and O–H groups in total. The lowest BCUT2D eigenvalue weighted by atomic mass is 10.0. The van der Waals surface area contributed by atoms with E-state index in [4.69, 9.17) is 0 Å². The van der Waals surface area contributed by atoms with E-state index in [-0.39, 0.29) is 12.5 Å². The Morgan fingerprint density at radius 1 is 1.00 bits per heavy atom. The van der Waals surface area contributed by atoms with Gasteiger partial charge in [0.05, 0.1) is 22.3 Å². The number of aliphatic hydroxyl groups is 1. The molecular weight excluding hydrogens is 322 g/mol. The summed E-state index contributed by atoms with van der Waals surface area (Å²) in [5, 5.41) is 13.7. The molecule has 1 amide bonds. The highest BCUT2D eigenvalue weighted by molar-refractivity contribution is 7.85. The van der Waals surface area contributed by atoms with Gasteiger partial charge in [-0.15, -0.1) is 0 Å². The van der Waals surface area contributed by atoms with Gasteiger partial charge in [0, 0.05) is 22.9 Å². The first-order valence-electron chi connectivity index (χ1n) is 7.51. The topological polar surface area (TPSA) is 66.4 Å². The average molecular weight is 339 g/mol. The molecular formula is C19H17NO3S. The van der Waals surface area contributed by atoms with E-state index < -0.39 is 10.8 Å². The molecule has 0 radical (unpaired) electrons. The van der Waals surface area contributed by atoms with Crippen LogP contribution in [-0.2, 0) is 17.4 Å². The molecule has 3 aromatic rings. The largest absolute Gasteiger partial charge is 0.392 e. The Bertz CT molecular complexity index is 932. The summed E-state index contributed by atoms with van der Waals surface area (Å²) in [5.74, 6) is -0.222. The second kappa shape index (κ2) is 6.95. The minimum atomic E-state index is -1.50. The molecule has 5 heteroatoms. The number of fused-ring (bicyclic) bond motifs is 1. The lowest BCUT2D eigenvalue weighted by molar-refractivity contribution is 0.0964. The fraction of sp³-hybridized carbons (Fsp3) is 0.105. The van der Waals surface area contributed by atoms with Gasteiger partial charge in [0.1, 0.15) is 0 Å². The average Bonchev–Trinajstić information content (AvgIpc) is 2.65. The Morgan fingerprint density at radius 2 is 1.67 bits per heavy atom. The van der Waals surface area contributed by atoms with Crippen molar-refractivity contribution in [2.45, 2.75) is 16.4 Å². The molecule has 0 fully saturated rings. The van der Waals surface area contributed by atoms with Crippen molar-refractivity contribution in [2.75, 3.05) is 7.05 Å². The molecule has 0 saturated carbocycles. The van der Waals surface area contributed by atoms with Gasteiger partial charge in [-0.1, -0.05) is 42.5 Å². The Balaban J connectivity index is 2.26. The van der Waals surface area contributed by atoms with Gasteiger partial charge in [-0.25, -0.2) is 4.21 Å². The fourth-order valence-corrected chi connectivity index (χ4v) is 4.14. The zero-order chi connectivity index (χ0) is 17.1. The first-order chi connectivity index (χ1) is 11.7. The highest BCUT2D eigenvalue weighted by atomic mass is 32.2. The van der Waals surface area contributed by atoms with Crippen molar-refractivity contribution in [3.05, 3.63) is 71.8 Å². The summed E-state index contributed by atoms with van der Waals surface area (Å²) in [6.07, 6.45) is 0. The van der Waals surface area contributed by atoms with Crippen LogP contribution in [0.3, 0.4) is 0 Å². The van der Waals surface area contributed by atoms with Gasteiger partial charge in [0.15, 0.2) is 0 Å². The van der Waals surface area contributed by atoms with Gasteiger partial charge in [0.25, 0.3) is 5.91 Å². The summed E-state index contributed by atoms with van der Waals surface area (Å²) in [5.41, 5.74) is 1.10. The number of nitrogens with one attached hydrogen (secondary N) is 1. The molecule has 3 aromatic carbocycles. The van der Waals surface area contributed by atoms with Crippen molar-refractivity contribution < 1.29 is 14.1 Å². The maximum atomic E-state index is 13.2. The Morgan fingerprint density at radius 3 is 2.38 bits per heavy atom. The van der Waals surface area contributed by atoms with E-state index in [0.717, 1.165) is 5.39 Å². The van der Waals surface area contributed by atoms with E-state index in [0.29, 0.717) is 26.3 Å². The van der Waals surface area contributed by atoms with E-state index in [1.165, 1.54) is 0 Å². The maximum Gasteiger partial charge on any atom is 0.251 e. The van der Waals surface area contributed by atoms with Gasteiger partial charge in [-0.05, 0) is 29.1 Å². The Kier molecular flexibility index (Phi) is 4.74. The molecule has 1 unspecified atom stereocenters. The number of carbonyl (C=O) groups excluding carboxylic acids is 1. The molecule has 0 heterocycles. The predicted octanol–water partition coefficient (Wildman–Crippen LogP) is 2.86. The SMILES string of the molecule is CNC(=O)c1cccc2cccc(S(=O)c3ccccc3CO)c12. The van der Waals surface area contributed by atoms with Crippen LogP contribution in [0.15, 0.2) is 70.5 Å². The molecule has 0 aliphatic rings. The van der Waals surface area contributed by atoms with E-state index in [2.05, 4.69) is 5.32 Å². The van der Waals surface area contributed by atoms with Crippen LogP contribution in [-0.4, -0.2) is 22.3 Å². The number of amides is 1. The molecule has 122 valence electrons. The molecule has 0 bridgehead atoms. The zero-order valence-electron chi connectivity index (χ0n) is 13.2. The Hall–Kier alpha value is -2.50. The second-order valence-corrected chi connectivity index (χ2v) is 6.69. The maximum absolute atomic E-state index is 13.2. The third kappa shape index (κ3) is 2.84. The lowest BCUT2D eigenvalue weighted by Gasteiger charge is -2.12. The van der Waals surface area contributed by atoms with Crippen LogP contribution >= 0.6 is 0 Å². The molecule has 1 atom stereocenters. The van der Waals surface area contributed by atoms with Crippen LogP contribution in [0.1, 0.15) is 15.9 Å². The van der Waals surface area contributed by atoms with Gasteiger partial charge in [-0.2, -0.15) is 0 Å². The van der Waals surface area contributed by atoms with Crippen molar-refractivity contribution in [3.8, 4) is 0 Å². The van der Waals surface area contributed by atoms with Crippen LogP contribution in [0.25, 0.3) is 10.8 Å². The predicted molar refractivity (Wildman–Crippen MR) is 94.4 cm³/mol. The van der Waals surface area contributed by atoms with Crippen molar-refractivity contribution in [2.24, 2.45) is 0 Å². The van der Waals surface area contributed by atoms with Crippen LogP contribution < -0.4 is 5.32 Å².